The van der Waals surface area contributed by atoms with Gasteiger partial charge >= 0.3 is 6.18 Å². The van der Waals surface area contributed by atoms with Crippen molar-refractivity contribution in [2.45, 2.75) is 32.5 Å². The molecule has 0 spiro atoms. The minimum Gasteiger partial charge on any atom is -0.324 e. The number of halogens is 5. The summed E-state index contributed by atoms with van der Waals surface area (Å²) in [4.78, 5) is 0. The molecule has 0 aliphatic heterocycles. The Balaban J connectivity index is 0.00000289. The van der Waals surface area contributed by atoms with Crippen LogP contribution in [0.5, 0.6) is 0 Å². The van der Waals surface area contributed by atoms with Crippen LogP contribution in [0, 0.1) is 11.7 Å². The second-order valence-electron chi connectivity index (χ2n) is 4.11. The molecule has 0 fully saturated rings. The molecule has 0 heterocycles. The summed E-state index contributed by atoms with van der Waals surface area (Å²) in [5, 5.41) is 0. The molecular weight excluding hydrogens is 270 g/mol. The van der Waals surface area contributed by atoms with E-state index in [1.807, 2.05) is 6.92 Å². The smallest absolute Gasteiger partial charge is 0.324 e. The van der Waals surface area contributed by atoms with Crippen molar-refractivity contribution in [3.63, 3.8) is 0 Å². The minimum absolute atomic E-state index is 0. The average Bonchev–Trinajstić information content (AvgIpc) is 2.24. The Morgan fingerprint density at radius 3 is 2.28 bits per heavy atom. The number of hydrogen-bond acceptors (Lipinski definition) is 1. The highest BCUT2D eigenvalue weighted by Gasteiger charge is 2.38. The van der Waals surface area contributed by atoms with Crippen LogP contribution in [-0.4, -0.2) is 0 Å². The van der Waals surface area contributed by atoms with E-state index >= 15 is 0 Å². The lowest BCUT2D eigenvalue weighted by molar-refractivity contribution is -0.140. The normalized spacial score (nSPS) is 14.8. The van der Waals surface area contributed by atoms with Gasteiger partial charge in [0.2, 0.25) is 0 Å². The molecule has 2 atom stereocenters. The molecule has 0 bridgehead atoms. The molecular formula is C12H16ClF4N. The molecule has 1 aromatic rings. The molecule has 0 saturated heterocycles. The molecule has 2 N–H and O–H groups in total. The maximum atomic E-state index is 13.3. The van der Waals surface area contributed by atoms with Gasteiger partial charge in [-0.25, -0.2) is 4.39 Å². The van der Waals surface area contributed by atoms with Crippen LogP contribution in [0.4, 0.5) is 17.6 Å². The zero-order valence-corrected chi connectivity index (χ0v) is 10.9. The van der Waals surface area contributed by atoms with E-state index in [-0.39, 0.29) is 23.9 Å². The highest BCUT2D eigenvalue weighted by molar-refractivity contribution is 5.85. The van der Waals surface area contributed by atoms with Crippen molar-refractivity contribution < 1.29 is 17.6 Å². The highest BCUT2D eigenvalue weighted by Crippen LogP contribution is 2.37. The number of nitrogens with two attached hydrogens (primary N) is 1. The summed E-state index contributed by atoms with van der Waals surface area (Å²) in [7, 11) is 0. The van der Waals surface area contributed by atoms with Gasteiger partial charge in [-0.2, -0.15) is 13.2 Å². The van der Waals surface area contributed by atoms with Gasteiger partial charge in [-0.05, 0) is 17.5 Å². The summed E-state index contributed by atoms with van der Waals surface area (Å²) >= 11 is 0. The van der Waals surface area contributed by atoms with Gasteiger partial charge in [0.25, 0.3) is 0 Å². The molecule has 0 aliphatic rings. The summed E-state index contributed by atoms with van der Waals surface area (Å²) in [6.07, 6.45) is -4.08. The lowest BCUT2D eigenvalue weighted by Gasteiger charge is -2.23. The summed E-state index contributed by atoms with van der Waals surface area (Å²) in [5.41, 5.74) is 4.33. The topological polar surface area (TPSA) is 26.0 Å². The summed E-state index contributed by atoms with van der Waals surface area (Å²) in [5.74, 6) is -1.41. The molecule has 0 radical (unpaired) electrons. The maximum absolute atomic E-state index is 13.3. The minimum atomic E-state index is -4.72. The van der Waals surface area contributed by atoms with E-state index in [9.17, 15) is 17.6 Å². The first-order valence-corrected chi connectivity index (χ1v) is 5.40. The van der Waals surface area contributed by atoms with E-state index < -0.39 is 23.6 Å². The van der Waals surface area contributed by atoms with Crippen LogP contribution in [0.1, 0.15) is 37.4 Å². The van der Waals surface area contributed by atoms with Gasteiger partial charge in [-0.1, -0.05) is 32.4 Å². The zero-order chi connectivity index (χ0) is 13.2. The van der Waals surface area contributed by atoms with E-state index in [1.54, 1.807) is 6.92 Å². The van der Waals surface area contributed by atoms with Crippen LogP contribution >= 0.6 is 12.4 Å². The van der Waals surface area contributed by atoms with Gasteiger partial charge in [0.1, 0.15) is 5.82 Å². The zero-order valence-electron chi connectivity index (χ0n) is 10.1. The Labute approximate surface area is 110 Å². The van der Waals surface area contributed by atoms with Gasteiger partial charge < -0.3 is 5.73 Å². The maximum Gasteiger partial charge on any atom is 0.419 e. The summed E-state index contributed by atoms with van der Waals surface area (Å²) in [6.45, 7) is 3.58. The standard InChI is InChI=1S/C12H15F4N.ClH/c1-3-7(2)11(17)8-5-4-6-9(13)10(8)12(14,15)16;/h4-7,11H,3,17H2,1-2H3;1H/t7?,11-;/m0./s1. The van der Waals surface area contributed by atoms with Crippen molar-refractivity contribution >= 4 is 12.4 Å². The first kappa shape index (κ1) is 17.2. The van der Waals surface area contributed by atoms with Crippen molar-refractivity contribution in [1.29, 1.82) is 0 Å². The van der Waals surface area contributed by atoms with Gasteiger partial charge in [-0.3, -0.25) is 0 Å². The van der Waals surface area contributed by atoms with E-state index in [0.29, 0.717) is 6.42 Å². The van der Waals surface area contributed by atoms with Crippen molar-refractivity contribution in [1.82, 2.24) is 0 Å². The lowest BCUT2D eigenvalue weighted by Crippen LogP contribution is -2.23. The van der Waals surface area contributed by atoms with Gasteiger partial charge in [-0.15, -0.1) is 12.4 Å². The van der Waals surface area contributed by atoms with Crippen molar-refractivity contribution in [3.05, 3.63) is 35.1 Å². The molecule has 1 nitrogen and oxygen atoms in total. The van der Waals surface area contributed by atoms with Gasteiger partial charge in [0.05, 0.1) is 5.56 Å². The molecule has 6 heteroatoms. The Hall–Kier alpha value is -0.810. The SMILES string of the molecule is CCC(C)[C@H](N)c1cccc(F)c1C(F)(F)F.Cl. The van der Waals surface area contributed by atoms with Crippen LogP contribution in [0.3, 0.4) is 0 Å². The second kappa shape index (κ2) is 6.38. The Bertz CT molecular complexity index is 392. The Morgan fingerprint density at radius 1 is 1.28 bits per heavy atom. The third kappa shape index (κ3) is 3.59. The summed E-state index contributed by atoms with van der Waals surface area (Å²) in [6, 6.07) is 2.48. The molecule has 1 rings (SSSR count). The van der Waals surface area contributed by atoms with Gasteiger partial charge in [0, 0.05) is 6.04 Å². The second-order valence-corrected chi connectivity index (χ2v) is 4.11. The third-order valence-corrected chi connectivity index (χ3v) is 2.95. The number of alkyl halides is 3. The first-order valence-electron chi connectivity index (χ1n) is 5.40. The highest BCUT2D eigenvalue weighted by atomic mass is 35.5. The predicted octanol–water partition coefficient (Wildman–Crippen LogP) is 4.31. The third-order valence-electron chi connectivity index (χ3n) is 2.95. The molecule has 0 saturated carbocycles. The molecule has 18 heavy (non-hydrogen) atoms. The molecule has 0 amide bonds. The van der Waals surface area contributed by atoms with Gasteiger partial charge in [0.15, 0.2) is 0 Å². The fourth-order valence-corrected chi connectivity index (χ4v) is 1.68. The molecule has 104 valence electrons. The summed E-state index contributed by atoms with van der Waals surface area (Å²) < 4.78 is 51.5. The fraction of sp³-hybridized carbons (Fsp3) is 0.500. The largest absolute Gasteiger partial charge is 0.419 e. The monoisotopic (exact) mass is 285 g/mol. The Morgan fingerprint density at radius 2 is 1.83 bits per heavy atom. The predicted molar refractivity (Wildman–Crippen MR) is 65.0 cm³/mol. The number of benzene rings is 1. The number of hydrogen-bond donors (Lipinski definition) is 1. The van der Waals surface area contributed by atoms with Crippen molar-refractivity contribution in [2.75, 3.05) is 0 Å². The van der Waals surface area contributed by atoms with Crippen LogP contribution in [-0.2, 0) is 6.18 Å². The van der Waals surface area contributed by atoms with E-state index in [2.05, 4.69) is 0 Å². The van der Waals surface area contributed by atoms with E-state index in [0.717, 1.165) is 6.07 Å². The molecule has 1 aromatic carbocycles. The van der Waals surface area contributed by atoms with Crippen LogP contribution < -0.4 is 5.73 Å². The van der Waals surface area contributed by atoms with Crippen LogP contribution in [0.2, 0.25) is 0 Å². The van der Waals surface area contributed by atoms with Crippen molar-refractivity contribution in [2.24, 2.45) is 11.7 Å². The fourth-order valence-electron chi connectivity index (χ4n) is 1.68. The number of rotatable bonds is 3. The molecule has 0 aromatic heterocycles. The van der Waals surface area contributed by atoms with E-state index in [4.69, 9.17) is 5.73 Å². The average molecular weight is 286 g/mol. The Kier molecular flexibility index (Phi) is 6.10. The van der Waals surface area contributed by atoms with Crippen molar-refractivity contribution in [3.8, 4) is 0 Å². The molecule has 0 aliphatic carbocycles. The van der Waals surface area contributed by atoms with Crippen LogP contribution in [0.25, 0.3) is 0 Å². The van der Waals surface area contributed by atoms with Crippen LogP contribution in [0.15, 0.2) is 18.2 Å². The van der Waals surface area contributed by atoms with E-state index in [1.165, 1.54) is 12.1 Å². The molecule has 1 unspecified atom stereocenters. The first-order chi connectivity index (χ1) is 7.79. The quantitative estimate of drug-likeness (QED) is 0.823. The lowest BCUT2D eigenvalue weighted by atomic mass is 9.90.